The number of ether oxygens (including phenoxy) is 3. The molecule has 1 unspecified atom stereocenters. The molecule has 1 saturated heterocycles. The number of nitrogens with zero attached hydrogens (tertiary/aromatic N) is 1. The van der Waals surface area contributed by atoms with Crippen molar-refractivity contribution in [3.05, 3.63) is 83.4 Å². The van der Waals surface area contributed by atoms with Gasteiger partial charge in [0, 0.05) is 11.8 Å². The van der Waals surface area contributed by atoms with E-state index in [-0.39, 0.29) is 22.6 Å². The zero-order valence-electron chi connectivity index (χ0n) is 20.2. The summed E-state index contributed by atoms with van der Waals surface area (Å²) in [5.41, 5.74) is 1.02. The molecule has 2 N–H and O–H groups in total. The van der Waals surface area contributed by atoms with Gasteiger partial charge in [0.25, 0.3) is 11.7 Å². The zero-order chi connectivity index (χ0) is 25.8. The molecule has 3 aromatic rings. The van der Waals surface area contributed by atoms with Gasteiger partial charge in [0.05, 0.1) is 37.5 Å². The average Bonchev–Trinajstić information content (AvgIpc) is 3.14. The second-order valence-corrected chi connectivity index (χ2v) is 7.99. The molecule has 36 heavy (non-hydrogen) atoms. The smallest absolute Gasteiger partial charge is 0.300 e. The van der Waals surface area contributed by atoms with Gasteiger partial charge in [0.1, 0.15) is 28.8 Å². The Morgan fingerprint density at radius 3 is 2.25 bits per heavy atom. The molecule has 1 amide bonds. The number of rotatable bonds is 8. The monoisotopic (exact) mass is 489 g/mol. The zero-order valence-corrected chi connectivity index (χ0v) is 20.2. The van der Waals surface area contributed by atoms with Crippen LogP contribution in [0.2, 0.25) is 0 Å². The number of phenolic OH excluding ortho intramolecular Hbond substituents is 1. The van der Waals surface area contributed by atoms with E-state index in [9.17, 15) is 19.8 Å². The molecule has 1 heterocycles. The van der Waals surface area contributed by atoms with Crippen molar-refractivity contribution in [1.82, 2.24) is 0 Å². The number of carbonyl (C=O) groups is 2. The van der Waals surface area contributed by atoms with Crippen LogP contribution in [0, 0.1) is 0 Å². The van der Waals surface area contributed by atoms with Crippen LogP contribution in [0.5, 0.6) is 23.0 Å². The molecule has 8 nitrogen and oxygen atoms in total. The van der Waals surface area contributed by atoms with Gasteiger partial charge in [-0.25, -0.2) is 0 Å². The lowest BCUT2D eigenvalue weighted by molar-refractivity contribution is -0.132. The van der Waals surface area contributed by atoms with Crippen molar-refractivity contribution in [3.8, 4) is 23.0 Å². The summed E-state index contributed by atoms with van der Waals surface area (Å²) in [5, 5.41) is 21.6. The number of aromatic hydroxyl groups is 1. The fourth-order valence-corrected chi connectivity index (χ4v) is 4.23. The number of phenols is 1. The molecular weight excluding hydrogens is 462 g/mol. The van der Waals surface area contributed by atoms with Gasteiger partial charge in [-0.1, -0.05) is 12.1 Å². The van der Waals surface area contributed by atoms with Gasteiger partial charge in [-0.3, -0.25) is 14.5 Å². The van der Waals surface area contributed by atoms with Crippen LogP contribution < -0.4 is 19.1 Å². The summed E-state index contributed by atoms with van der Waals surface area (Å²) in [4.78, 5) is 28.0. The third-order valence-electron chi connectivity index (χ3n) is 5.80. The minimum absolute atomic E-state index is 0.0381. The molecule has 1 atom stereocenters. The molecule has 3 aromatic carbocycles. The first-order valence-electron chi connectivity index (χ1n) is 11.5. The predicted molar refractivity (Wildman–Crippen MR) is 135 cm³/mol. The number of anilines is 1. The van der Waals surface area contributed by atoms with Gasteiger partial charge in [-0.15, -0.1) is 0 Å². The summed E-state index contributed by atoms with van der Waals surface area (Å²) in [6, 6.07) is 16.8. The topological polar surface area (TPSA) is 106 Å². The summed E-state index contributed by atoms with van der Waals surface area (Å²) in [5.74, 6) is -0.646. The highest BCUT2D eigenvalue weighted by molar-refractivity contribution is 6.51. The molecule has 0 radical (unpaired) electrons. The maximum atomic E-state index is 13.4. The van der Waals surface area contributed by atoms with Crippen LogP contribution in [0.25, 0.3) is 5.76 Å². The fraction of sp³-hybridized carbons (Fsp3) is 0.214. The first-order chi connectivity index (χ1) is 17.4. The normalized spacial score (nSPS) is 16.8. The Hall–Kier alpha value is -4.46. The van der Waals surface area contributed by atoms with Crippen LogP contribution in [0.15, 0.2) is 72.3 Å². The van der Waals surface area contributed by atoms with Crippen molar-refractivity contribution in [2.45, 2.75) is 19.9 Å². The van der Waals surface area contributed by atoms with E-state index in [1.807, 2.05) is 6.92 Å². The Balaban J connectivity index is 1.93. The number of hydrogen-bond donors (Lipinski definition) is 2. The lowest BCUT2D eigenvalue weighted by Gasteiger charge is -2.26. The summed E-state index contributed by atoms with van der Waals surface area (Å²) >= 11 is 0. The van der Waals surface area contributed by atoms with Gasteiger partial charge in [0.2, 0.25) is 0 Å². The highest BCUT2D eigenvalue weighted by atomic mass is 16.5. The van der Waals surface area contributed by atoms with Crippen molar-refractivity contribution < 1.29 is 34.0 Å². The van der Waals surface area contributed by atoms with Crippen LogP contribution in [0.1, 0.15) is 31.0 Å². The standard InChI is InChI=1S/C28H27NO7/c1-4-35-21-13-14-22(23(16-21)36-5-2)26(31)24-25(17-7-6-8-19(30)15-17)29(28(33)27(24)32)18-9-11-20(34-3)12-10-18/h6-16,25,30-31H,4-5H2,1-3H3/b26-24-. The second-order valence-electron chi connectivity index (χ2n) is 7.99. The molecule has 0 aromatic heterocycles. The van der Waals surface area contributed by atoms with Gasteiger partial charge in [-0.2, -0.15) is 0 Å². The molecule has 4 rings (SSSR count). The molecule has 0 aliphatic carbocycles. The highest BCUT2D eigenvalue weighted by Crippen LogP contribution is 2.44. The lowest BCUT2D eigenvalue weighted by atomic mass is 9.94. The Morgan fingerprint density at radius 1 is 0.917 bits per heavy atom. The van der Waals surface area contributed by atoms with Crippen LogP contribution in [-0.4, -0.2) is 42.2 Å². The van der Waals surface area contributed by atoms with Gasteiger partial charge < -0.3 is 24.4 Å². The van der Waals surface area contributed by atoms with E-state index >= 15 is 0 Å². The minimum atomic E-state index is -0.994. The van der Waals surface area contributed by atoms with Crippen molar-refractivity contribution in [2.75, 3.05) is 25.2 Å². The van der Waals surface area contributed by atoms with E-state index in [0.29, 0.717) is 41.7 Å². The Kier molecular flexibility index (Phi) is 7.15. The Morgan fingerprint density at radius 2 is 1.61 bits per heavy atom. The van der Waals surface area contributed by atoms with Crippen LogP contribution in [-0.2, 0) is 9.59 Å². The number of aliphatic hydroxyl groups excluding tert-OH is 1. The quantitative estimate of drug-likeness (QED) is 0.265. The number of carbonyl (C=O) groups excluding carboxylic acids is 2. The molecular formula is C28H27NO7. The van der Waals surface area contributed by atoms with Gasteiger partial charge in [0.15, 0.2) is 0 Å². The van der Waals surface area contributed by atoms with Crippen molar-refractivity contribution in [3.63, 3.8) is 0 Å². The number of aliphatic hydroxyl groups is 1. The third-order valence-corrected chi connectivity index (χ3v) is 5.80. The summed E-state index contributed by atoms with van der Waals surface area (Å²) < 4.78 is 16.5. The molecule has 8 heteroatoms. The van der Waals surface area contributed by atoms with E-state index in [1.165, 1.54) is 24.1 Å². The molecule has 0 saturated carbocycles. The SMILES string of the molecule is CCOc1ccc(/C(O)=C2/C(=O)C(=O)N(c3ccc(OC)cc3)C2c2cccc(O)c2)c(OCC)c1. The molecule has 186 valence electrons. The fourth-order valence-electron chi connectivity index (χ4n) is 4.23. The minimum Gasteiger partial charge on any atom is -0.508 e. The molecule has 1 aliphatic heterocycles. The van der Waals surface area contributed by atoms with Crippen molar-refractivity contribution in [1.29, 1.82) is 0 Å². The Bertz CT molecular complexity index is 1310. The average molecular weight is 490 g/mol. The first kappa shape index (κ1) is 24.7. The maximum absolute atomic E-state index is 13.4. The first-order valence-corrected chi connectivity index (χ1v) is 11.5. The van der Waals surface area contributed by atoms with Gasteiger partial charge in [-0.05, 0) is 67.9 Å². The number of ketones is 1. The molecule has 0 spiro atoms. The van der Waals surface area contributed by atoms with Crippen LogP contribution >= 0.6 is 0 Å². The third kappa shape index (κ3) is 4.57. The predicted octanol–water partition coefficient (Wildman–Crippen LogP) is 4.82. The number of amides is 1. The van der Waals surface area contributed by atoms with E-state index in [1.54, 1.807) is 61.5 Å². The van der Waals surface area contributed by atoms with Crippen molar-refractivity contribution in [2.24, 2.45) is 0 Å². The van der Waals surface area contributed by atoms with E-state index in [4.69, 9.17) is 14.2 Å². The van der Waals surface area contributed by atoms with Crippen LogP contribution in [0.3, 0.4) is 0 Å². The van der Waals surface area contributed by atoms with Crippen molar-refractivity contribution >= 4 is 23.1 Å². The molecule has 1 fully saturated rings. The number of hydrogen-bond acceptors (Lipinski definition) is 7. The highest BCUT2D eigenvalue weighted by Gasteiger charge is 2.47. The summed E-state index contributed by atoms with van der Waals surface area (Å²) in [7, 11) is 1.53. The van der Waals surface area contributed by atoms with E-state index < -0.39 is 17.7 Å². The second kappa shape index (κ2) is 10.4. The van der Waals surface area contributed by atoms with Gasteiger partial charge >= 0.3 is 0 Å². The number of benzene rings is 3. The summed E-state index contributed by atoms with van der Waals surface area (Å²) in [6.45, 7) is 4.41. The summed E-state index contributed by atoms with van der Waals surface area (Å²) in [6.07, 6.45) is 0. The maximum Gasteiger partial charge on any atom is 0.300 e. The Labute approximate surface area is 209 Å². The molecule has 0 bridgehead atoms. The lowest BCUT2D eigenvalue weighted by Crippen LogP contribution is -2.29. The number of methoxy groups -OCH3 is 1. The van der Waals surface area contributed by atoms with Crippen LogP contribution in [0.4, 0.5) is 5.69 Å². The van der Waals surface area contributed by atoms with E-state index in [2.05, 4.69) is 0 Å². The largest absolute Gasteiger partial charge is 0.508 e. The molecule has 1 aliphatic rings. The van der Waals surface area contributed by atoms with E-state index in [0.717, 1.165) is 0 Å². The number of Topliss-reactive ketones (excluding diaryl/α,β-unsaturated/α-hetero) is 1.